The number of anilines is 2. The number of rotatable bonds is 6. The molecule has 3 aromatic rings. The third-order valence-corrected chi connectivity index (χ3v) is 3.83. The summed E-state index contributed by atoms with van der Waals surface area (Å²) in [7, 11) is 0. The van der Waals surface area contributed by atoms with Gasteiger partial charge in [0.05, 0.1) is 18.7 Å². The van der Waals surface area contributed by atoms with Crippen molar-refractivity contribution in [3.8, 4) is 0 Å². The van der Waals surface area contributed by atoms with E-state index in [0.717, 1.165) is 11.5 Å². The Bertz CT molecular complexity index is 844. The van der Waals surface area contributed by atoms with E-state index in [2.05, 4.69) is 30.8 Å². The van der Waals surface area contributed by atoms with E-state index in [0.29, 0.717) is 22.6 Å². The lowest BCUT2D eigenvalue weighted by Crippen LogP contribution is -2.24. The minimum atomic E-state index is -0.156. The first-order valence-electron chi connectivity index (χ1n) is 7.29. The number of aryl methyl sites for hydroxylation is 2. The second-order valence-electron chi connectivity index (χ2n) is 5.10. The average Bonchev–Trinajstić information content (AvgIpc) is 3.14. The summed E-state index contributed by atoms with van der Waals surface area (Å²) in [5.74, 6) is 1.43. The molecule has 0 spiro atoms. The molecule has 0 atom stereocenters. The van der Waals surface area contributed by atoms with Gasteiger partial charge in [-0.1, -0.05) is 6.07 Å². The van der Waals surface area contributed by atoms with Crippen LogP contribution in [-0.4, -0.2) is 26.1 Å². The van der Waals surface area contributed by atoms with Crippen molar-refractivity contribution in [1.82, 2.24) is 25.5 Å². The summed E-state index contributed by atoms with van der Waals surface area (Å²) < 4.78 is 5.20. The maximum absolute atomic E-state index is 11.9. The molecule has 24 heavy (non-hydrogen) atoms. The number of pyridine rings is 1. The number of thiazole rings is 1. The van der Waals surface area contributed by atoms with Gasteiger partial charge in [-0.2, -0.15) is 0 Å². The van der Waals surface area contributed by atoms with Gasteiger partial charge < -0.3 is 15.1 Å². The molecule has 1 amide bonds. The number of carbonyl (C=O) groups excluding carboxylic acids is 1. The van der Waals surface area contributed by atoms with E-state index in [-0.39, 0.29) is 18.9 Å². The predicted molar refractivity (Wildman–Crippen MR) is 89.0 cm³/mol. The Hall–Kier alpha value is -2.81. The molecule has 2 N–H and O–H groups in total. The van der Waals surface area contributed by atoms with Crippen molar-refractivity contribution in [2.45, 2.75) is 26.8 Å². The van der Waals surface area contributed by atoms with Gasteiger partial charge in [-0.25, -0.2) is 9.97 Å². The highest BCUT2D eigenvalue weighted by molar-refractivity contribution is 7.13. The van der Waals surface area contributed by atoms with Crippen LogP contribution >= 0.6 is 11.3 Å². The minimum absolute atomic E-state index is 0.156. The van der Waals surface area contributed by atoms with Crippen molar-refractivity contribution in [1.29, 1.82) is 0 Å². The molecule has 8 nitrogen and oxygen atoms in total. The fraction of sp³-hybridized carbons (Fsp3) is 0.267. The Morgan fingerprint density at radius 3 is 2.88 bits per heavy atom. The van der Waals surface area contributed by atoms with Gasteiger partial charge in [0, 0.05) is 18.0 Å². The van der Waals surface area contributed by atoms with E-state index in [9.17, 15) is 4.79 Å². The first kappa shape index (κ1) is 16.1. The van der Waals surface area contributed by atoms with Gasteiger partial charge in [0.15, 0.2) is 5.13 Å². The smallest absolute Gasteiger partial charge is 0.235 e. The fourth-order valence-electron chi connectivity index (χ4n) is 1.98. The zero-order valence-corrected chi connectivity index (χ0v) is 14.1. The van der Waals surface area contributed by atoms with Crippen molar-refractivity contribution >= 4 is 28.2 Å². The Labute approximate surface area is 142 Å². The molecular formula is C15H16N6O2S. The van der Waals surface area contributed by atoms with Crippen LogP contribution in [0.1, 0.15) is 23.2 Å². The lowest BCUT2D eigenvalue weighted by Gasteiger charge is -2.02. The number of carbonyl (C=O) groups is 1. The maximum Gasteiger partial charge on any atom is 0.235 e. The molecule has 0 fully saturated rings. The van der Waals surface area contributed by atoms with Crippen LogP contribution in [0.5, 0.6) is 0 Å². The molecule has 0 saturated heterocycles. The molecule has 0 aliphatic carbocycles. The fourth-order valence-corrected chi connectivity index (χ4v) is 2.70. The standard InChI is InChI=1S/C15H16N6O2S/c1-9-4-3-5-12(17-9)19-15-18-11(8-24-15)6-13(22)16-7-14-21-20-10(2)23-14/h3-5,8H,6-7H2,1-2H3,(H,16,22)(H,17,18,19). The van der Waals surface area contributed by atoms with E-state index >= 15 is 0 Å². The molecule has 3 rings (SSSR count). The molecule has 0 unspecified atom stereocenters. The van der Waals surface area contributed by atoms with Crippen LogP contribution < -0.4 is 10.6 Å². The zero-order chi connectivity index (χ0) is 16.9. The Morgan fingerprint density at radius 1 is 1.25 bits per heavy atom. The van der Waals surface area contributed by atoms with Crippen LogP contribution in [0, 0.1) is 13.8 Å². The van der Waals surface area contributed by atoms with E-state index in [1.807, 2.05) is 30.5 Å². The van der Waals surface area contributed by atoms with Crippen molar-refractivity contribution < 1.29 is 9.21 Å². The van der Waals surface area contributed by atoms with Crippen LogP contribution in [0.3, 0.4) is 0 Å². The van der Waals surface area contributed by atoms with E-state index < -0.39 is 0 Å². The lowest BCUT2D eigenvalue weighted by atomic mass is 10.3. The van der Waals surface area contributed by atoms with Gasteiger partial charge >= 0.3 is 0 Å². The molecule has 3 heterocycles. The summed E-state index contributed by atoms with van der Waals surface area (Å²) in [6.45, 7) is 3.83. The normalized spacial score (nSPS) is 10.6. The van der Waals surface area contributed by atoms with Crippen LogP contribution in [0.2, 0.25) is 0 Å². The number of hydrogen-bond donors (Lipinski definition) is 2. The summed E-state index contributed by atoms with van der Waals surface area (Å²) in [5, 5.41) is 15.9. The number of aromatic nitrogens is 4. The maximum atomic E-state index is 11.9. The van der Waals surface area contributed by atoms with Gasteiger partial charge in [-0.15, -0.1) is 21.5 Å². The third kappa shape index (κ3) is 4.35. The molecular weight excluding hydrogens is 328 g/mol. The van der Waals surface area contributed by atoms with Gasteiger partial charge in [0.2, 0.25) is 17.7 Å². The van der Waals surface area contributed by atoms with Gasteiger partial charge in [0.1, 0.15) is 5.82 Å². The molecule has 124 valence electrons. The Kier molecular flexibility index (Phi) is 4.80. The van der Waals surface area contributed by atoms with E-state index in [4.69, 9.17) is 4.42 Å². The van der Waals surface area contributed by atoms with E-state index in [1.165, 1.54) is 11.3 Å². The second kappa shape index (κ2) is 7.18. The van der Waals surface area contributed by atoms with Crippen LogP contribution in [0.25, 0.3) is 0 Å². The highest BCUT2D eigenvalue weighted by Gasteiger charge is 2.10. The summed E-state index contributed by atoms with van der Waals surface area (Å²) >= 11 is 1.43. The quantitative estimate of drug-likeness (QED) is 0.705. The Balaban J connectivity index is 1.52. The number of nitrogens with one attached hydrogen (secondary N) is 2. The van der Waals surface area contributed by atoms with Crippen molar-refractivity contribution in [2.24, 2.45) is 0 Å². The lowest BCUT2D eigenvalue weighted by molar-refractivity contribution is -0.120. The van der Waals surface area contributed by atoms with Crippen molar-refractivity contribution in [2.75, 3.05) is 5.32 Å². The molecule has 0 aromatic carbocycles. The topological polar surface area (TPSA) is 106 Å². The van der Waals surface area contributed by atoms with Crippen LogP contribution in [0.15, 0.2) is 28.0 Å². The largest absolute Gasteiger partial charge is 0.424 e. The van der Waals surface area contributed by atoms with Crippen LogP contribution in [0.4, 0.5) is 10.9 Å². The minimum Gasteiger partial charge on any atom is -0.424 e. The second-order valence-corrected chi connectivity index (χ2v) is 5.96. The summed E-state index contributed by atoms with van der Waals surface area (Å²) in [4.78, 5) is 20.7. The SMILES string of the molecule is Cc1cccc(Nc2nc(CC(=O)NCc3nnc(C)o3)cs2)n1. The number of amides is 1. The van der Waals surface area contributed by atoms with Gasteiger partial charge in [0.25, 0.3) is 0 Å². The summed E-state index contributed by atoms with van der Waals surface area (Å²) in [6, 6.07) is 5.72. The first-order valence-corrected chi connectivity index (χ1v) is 8.17. The number of nitrogens with zero attached hydrogens (tertiary/aromatic N) is 4. The molecule has 0 aliphatic heterocycles. The molecule has 9 heteroatoms. The van der Waals surface area contributed by atoms with Crippen LogP contribution in [-0.2, 0) is 17.8 Å². The molecule has 0 bridgehead atoms. The number of hydrogen-bond acceptors (Lipinski definition) is 8. The van der Waals surface area contributed by atoms with Crippen molar-refractivity contribution in [3.05, 3.63) is 46.7 Å². The monoisotopic (exact) mass is 344 g/mol. The predicted octanol–water partition coefficient (Wildman–Crippen LogP) is 2.14. The zero-order valence-electron chi connectivity index (χ0n) is 13.2. The summed E-state index contributed by atoms with van der Waals surface area (Å²) in [6.07, 6.45) is 0.187. The molecule has 0 radical (unpaired) electrons. The van der Waals surface area contributed by atoms with E-state index in [1.54, 1.807) is 6.92 Å². The first-order chi connectivity index (χ1) is 11.6. The molecule has 3 aromatic heterocycles. The van der Waals surface area contributed by atoms with Gasteiger partial charge in [-0.3, -0.25) is 4.79 Å². The van der Waals surface area contributed by atoms with Crippen molar-refractivity contribution in [3.63, 3.8) is 0 Å². The molecule has 0 saturated carbocycles. The molecule has 0 aliphatic rings. The van der Waals surface area contributed by atoms with Gasteiger partial charge in [-0.05, 0) is 19.1 Å². The Morgan fingerprint density at radius 2 is 2.12 bits per heavy atom. The average molecular weight is 344 g/mol. The highest BCUT2D eigenvalue weighted by Crippen LogP contribution is 2.20. The third-order valence-electron chi connectivity index (χ3n) is 3.02. The summed E-state index contributed by atoms with van der Waals surface area (Å²) in [5.41, 5.74) is 1.61. The highest BCUT2D eigenvalue weighted by atomic mass is 32.1.